The lowest BCUT2D eigenvalue weighted by atomic mass is 9.99. The smallest absolute Gasteiger partial charge is 0.262 e. The number of aryl methyl sites for hydroxylation is 2. The van der Waals surface area contributed by atoms with E-state index in [0.29, 0.717) is 25.4 Å². The number of carbonyl (C=O) groups excluding carboxylic acids is 2. The van der Waals surface area contributed by atoms with Crippen LogP contribution in [0.2, 0.25) is 0 Å². The van der Waals surface area contributed by atoms with E-state index in [-0.39, 0.29) is 29.7 Å². The number of ether oxygens (including phenoxy) is 2. The van der Waals surface area contributed by atoms with Crippen LogP contribution in [0.1, 0.15) is 21.7 Å². The Labute approximate surface area is 161 Å². The van der Waals surface area contributed by atoms with Crippen LogP contribution in [0.15, 0.2) is 24.3 Å². The summed E-state index contributed by atoms with van der Waals surface area (Å²) in [6, 6.07) is 6.24. The Morgan fingerprint density at radius 1 is 1.36 bits per heavy atom. The van der Waals surface area contributed by atoms with E-state index < -0.39 is 11.7 Å². The van der Waals surface area contributed by atoms with Crippen LogP contribution in [0.5, 0.6) is 11.5 Å². The highest BCUT2D eigenvalue weighted by molar-refractivity contribution is 6.00. The molecule has 2 aliphatic rings. The second-order valence-electron chi connectivity index (χ2n) is 7.09. The number of pyridine rings is 1. The van der Waals surface area contributed by atoms with Gasteiger partial charge in [0.1, 0.15) is 17.3 Å². The summed E-state index contributed by atoms with van der Waals surface area (Å²) in [5, 5.41) is 2.59. The first kappa shape index (κ1) is 18.2. The molecule has 1 N–H and O–H groups in total. The summed E-state index contributed by atoms with van der Waals surface area (Å²) < 4.78 is 25.3. The van der Waals surface area contributed by atoms with Gasteiger partial charge in [0.25, 0.3) is 11.8 Å². The van der Waals surface area contributed by atoms with Gasteiger partial charge in [-0.25, -0.2) is 4.39 Å². The molecule has 0 unspecified atom stereocenters. The van der Waals surface area contributed by atoms with E-state index in [2.05, 4.69) is 10.3 Å². The topological polar surface area (TPSA) is 80.8 Å². The molecule has 28 heavy (non-hydrogen) atoms. The first-order valence-corrected chi connectivity index (χ1v) is 9.03. The van der Waals surface area contributed by atoms with Crippen molar-refractivity contribution in [2.75, 3.05) is 31.6 Å². The molecule has 146 valence electrons. The number of nitrogens with one attached hydrogen (secondary N) is 1. The van der Waals surface area contributed by atoms with E-state index >= 15 is 0 Å². The molecule has 7 nitrogen and oxygen atoms in total. The highest BCUT2D eigenvalue weighted by atomic mass is 19.1. The molecule has 1 fully saturated rings. The minimum atomic E-state index is -0.666. The van der Waals surface area contributed by atoms with Gasteiger partial charge in [0.2, 0.25) is 0 Å². The molecule has 0 radical (unpaired) electrons. The number of amides is 2. The second-order valence-corrected chi connectivity index (χ2v) is 7.09. The molecule has 3 heterocycles. The van der Waals surface area contributed by atoms with Crippen LogP contribution in [0.25, 0.3) is 0 Å². The summed E-state index contributed by atoms with van der Waals surface area (Å²) in [7, 11) is 0. The molecule has 0 spiro atoms. The Hall–Kier alpha value is -3.16. The summed E-state index contributed by atoms with van der Waals surface area (Å²) in [5.74, 6) is -0.282. The Kier molecular flexibility index (Phi) is 4.62. The quantitative estimate of drug-likeness (QED) is 0.874. The van der Waals surface area contributed by atoms with Gasteiger partial charge < -0.3 is 19.7 Å². The Balaban J connectivity index is 1.36. The fraction of sp³-hybridized carbons (Fsp3) is 0.350. The molecule has 1 aromatic heterocycles. The fourth-order valence-corrected chi connectivity index (χ4v) is 3.31. The summed E-state index contributed by atoms with van der Waals surface area (Å²) in [4.78, 5) is 29.9. The van der Waals surface area contributed by atoms with E-state index in [1.165, 1.54) is 6.07 Å². The van der Waals surface area contributed by atoms with Crippen molar-refractivity contribution in [3.8, 4) is 11.5 Å². The number of carbonyl (C=O) groups is 2. The summed E-state index contributed by atoms with van der Waals surface area (Å²) in [6.45, 7) is 5.08. The van der Waals surface area contributed by atoms with Gasteiger partial charge in [0.15, 0.2) is 6.61 Å². The van der Waals surface area contributed by atoms with Crippen LogP contribution >= 0.6 is 0 Å². The van der Waals surface area contributed by atoms with Gasteiger partial charge in [-0.15, -0.1) is 0 Å². The number of benzene rings is 1. The molecule has 2 amide bonds. The van der Waals surface area contributed by atoms with Crippen LogP contribution < -0.4 is 14.8 Å². The first-order valence-electron chi connectivity index (χ1n) is 9.03. The van der Waals surface area contributed by atoms with E-state index in [1.807, 2.05) is 26.0 Å². The van der Waals surface area contributed by atoms with E-state index in [1.54, 1.807) is 4.90 Å². The predicted molar refractivity (Wildman–Crippen MR) is 99.1 cm³/mol. The zero-order valence-electron chi connectivity index (χ0n) is 15.6. The van der Waals surface area contributed by atoms with Crippen LogP contribution in [0.4, 0.5) is 10.1 Å². The molecule has 4 rings (SSSR count). The van der Waals surface area contributed by atoms with Gasteiger partial charge in [0, 0.05) is 30.8 Å². The van der Waals surface area contributed by atoms with Crippen LogP contribution in [-0.4, -0.2) is 48.0 Å². The molecule has 0 bridgehead atoms. The van der Waals surface area contributed by atoms with Crippen molar-refractivity contribution < 1.29 is 23.5 Å². The minimum absolute atomic E-state index is 0.0810. The van der Waals surface area contributed by atoms with E-state index in [4.69, 9.17) is 9.47 Å². The first-order chi connectivity index (χ1) is 13.4. The van der Waals surface area contributed by atoms with E-state index in [0.717, 1.165) is 23.2 Å². The maximum Gasteiger partial charge on any atom is 0.262 e. The summed E-state index contributed by atoms with van der Waals surface area (Å²) in [6.07, 6.45) is 0. The molecule has 2 aliphatic heterocycles. The van der Waals surface area contributed by atoms with Crippen molar-refractivity contribution in [3.63, 3.8) is 0 Å². The minimum Gasteiger partial charge on any atom is -0.491 e. The van der Waals surface area contributed by atoms with Gasteiger partial charge in [-0.2, -0.15) is 0 Å². The number of halogens is 1. The Morgan fingerprint density at radius 2 is 2.14 bits per heavy atom. The van der Waals surface area contributed by atoms with Gasteiger partial charge in [-0.3, -0.25) is 14.6 Å². The molecule has 0 atom stereocenters. The Morgan fingerprint density at radius 3 is 2.89 bits per heavy atom. The van der Waals surface area contributed by atoms with Crippen molar-refractivity contribution in [2.24, 2.45) is 5.92 Å². The zero-order chi connectivity index (χ0) is 19.8. The normalized spacial score (nSPS) is 16.0. The molecular formula is C20H20FN3O4. The van der Waals surface area contributed by atoms with Crippen LogP contribution in [-0.2, 0) is 4.79 Å². The van der Waals surface area contributed by atoms with E-state index in [9.17, 15) is 14.0 Å². The second kappa shape index (κ2) is 7.10. The number of nitrogens with zero attached hydrogens (tertiary/aromatic N) is 2. The highest BCUT2D eigenvalue weighted by Crippen LogP contribution is 2.32. The lowest BCUT2D eigenvalue weighted by Crippen LogP contribution is -2.52. The number of rotatable bonds is 4. The third-order valence-corrected chi connectivity index (χ3v) is 4.83. The van der Waals surface area contributed by atoms with Crippen molar-refractivity contribution >= 4 is 17.5 Å². The van der Waals surface area contributed by atoms with Gasteiger partial charge in [-0.1, -0.05) is 0 Å². The number of anilines is 1. The highest BCUT2D eigenvalue weighted by Gasteiger charge is 2.34. The summed E-state index contributed by atoms with van der Waals surface area (Å²) in [5.41, 5.74) is 1.98. The largest absolute Gasteiger partial charge is 0.491 e. The number of likely N-dealkylation sites (tertiary alicyclic amines) is 1. The average Bonchev–Trinajstić information content (AvgIpc) is 2.61. The lowest BCUT2D eigenvalue weighted by Gasteiger charge is -2.39. The molecular weight excluding hydrogens is 365 g/mol. The number of hydrogen-bond donors (Lipinski definition) is 1. The third kappa shape index (κ3) is 3.49. The van der Waals surface area contributed by atoms with Crippen molar-refractivity contribution in [1.29, 1.82) is 0 Å². The molecule has 0 saturated carbocycles. The predicted octanol–water partition coefficient (Wildman–Crippen LogP) is 2.32. The molecule has 1 aromatic carbocycles. The maximum atomic E-state index is 14.3. The SMILES string of the molecule is Cc1ccc(OCC2CN(C(=O)c3cc4c(cc3F)OCC(=O)N4)C2)c(C)n1. The van der Waals surface area contributed by atoms with Gasteiger partial charge >= 0.3 is 0 Å². The van der Waals surface area contributed by atoms with Gasteiger partial charge in [-0.05, 0) is 32.0 Å². The van der Waals surface area contributed by atoms with Gasteiger partial charge in [0.05, 0.1) is 23.6 Å². The van der Waals surface area contributed by atoms with Crippen molar-refractivity contribution in [2.45, 2.75) is 13.8 Å². The third-order valence-electron chi connectivity index (χ3n) is 4.83. The lowest BCUT2D eigenvalue weighted by molar-refractivity contribution is -0.118. The maximum absolute atomic E-state index is 14.3. The number of fused-ring (bicyclic) bond motifs is 1. The van der Waals surface area contributed by atoms with Crippen molar-refractivity contribution in [1.82, 2.24) is 9.88 Å². The number of aromatic nitrogens is 1. The average molecular weight is 385 g/mol. The molecule has 8 heteroatoms. The monoisotopic (exact) mass is 385 g/mol. The van der Waals surface area contributed by atoms with Crippen molar-refractivity contribution in [3.05, 3.63) is 47.0 Å². The van der Waals surface area contributed by atoms with Crippen LogP contribution in [0, 0.1) is 25.6 Å². The fourth-order valence-electron chi connectivity index (χ4n) is 3.31. The molecule has 1 saturated heterocycles. The molecule has 2 aromatic rings. The number of hydrogen-bond acceptors (Lipinski definition) is 5. The summed E-state index contributed by atoms with van der Waals surface area (Å²) >= 11 is 0. The standard InChI is InChI=1S/C20H20FN3O4/c1-11-3-4-17(12(2)22-11)27-9-13-7-24(8-13)20(26)14-5-16-18(6-15(14)21)28-10-19(25)23-16/h3-6,13H,7-10H2,1-2H3,(H,23,25). The van der Waals surface area contributed by atoms with Crippen LogP contribution in [0.3, 0.4) is 0 Å². The molecule has 0 aliphatic carbocycles. The Bertz CT molecular complexity index is 957. The zero-order valence-corrected chi connectivity index (χ0v) is 15.6.